The van der Waals surface area contributed by atoms with Crippen LogP contribution < -0.4 is 10.9 Å². The average molecular weight is 375 g/mol. The Morgan fingerprint density at radius 3 is 2.68 bits per heavy atom. The van der Waals surface area contributed by atoms with Crippen LogP contribution in [0.15, 0.2) is 65.5 Å². The molecule has 0 spiro atoms. The Hall–Kier alpha value is -3.25. The molecule has 1 N–H and O–H groups in total. The highest BCUT2D eigenvalue weighted by atomic mass is 16.5. The summed E-state index contributed by atoms with van der Waals surface area (Å²) in [6, 6.07) is 18.2. The van der Waals surface area contributed by atoms with E-state index < -0.39 is 6.04 Å². The Morgan fingerprint density at radius 1 is 1.18 bits per heavy atom. The van der Waals surface area contributed by atoms with Crippen molar-refractivity contribution < 1.29 is 9.53 Å². The third-order valence-electron chi connectivity index (χ3n) is 4.96. The molecular weight excluding hydrogens is 354 g/mol. The van der Waals surface area contributed by atoms with Gasteiger partial charge in [-0.3, -0.25) is 9.59 Å². The molecule has 1 aliphatic rings. The van der Waals surface area contributed by atoms with Gasteiger partial charge in [-0.2, -0.15) is 5.10 Å². The minimum atomic E-state index is -0.755. The molecule has 0 fully saturated rings. The Labute approximate surface area is 162 Å². The van der Waals surface area contributed by atoms with Crippen molar-refractivity contribution in [2.45, 2.75) is 32.6 Å². The second-order valence-corrected chi connectivity index (χ2v) is 6.87. The fraction of sp³-hybridized carbons (Fsp3) is 0.227. The lowest BCUT2D eigenvalue weighted by Crippen LogP contribution is -2.34. The first-order valence-corrected chi connectivity index (χ1v) is 9.24. The number of anilines is 1. The number of ether oxygens (including phenoxy) is 1. The number of nitrogens with zero attached hydrogens (tertiary/aromatic N) is 2. The van der Waals surface area contributed by atoms with Crippen molar-refractivity contribution in [3.63, 3.8) is 0 Å². The van der Waals surface area contributed by atoms with Crippen LogP contribution in [-0.4, -0.2) is 15.7 Å². The molecule has 1 amide bonds. The number of amides is 1. The number of nitrogens with one attached hydrogen (secondary N) is 1. The molecule has 0 unspecified atom stereocenters. The van der Waals surface area contributed by atoms with E-state index >= 15 is 0 Å². The third kappa shape index (κ3) is 3.34. The highest BCUT2D eigenvalue weighted by Crippen LogP contribution is 2.29. The number of benzene rings is 2. The number of aromatic nitrogens is 2. The molecule has 0 bridgehead atoms. The summed E-state index contributed by atoms with van der Waals surface area (Å²) >= 11 is 0. The van der Waals surface area contributed by atoms with Crippen molar-refractivity contribution in [2.24, 2.45) is 0 Å². The summed E-state index contributed by atoms with van der Waals surface area (Å²) in [7, 11) is 0. The van der Waals surface area contributed by atoms with Crippen LogP contribution in [-0.2, 0) is 16.1 Å². The van der Waals surface area contributed by atoms with E-state index in [1.807, 2.05) is 61.5 Å². The van der Waals surface area contributed by atoms with E-state index in [1.54, 1.807) is 6.92 Å². The van der Waals surface area contributed by atoms with Crippen LogP contribution in [0.3, 0.4) is 0 Å². The second kappa shape index (κ2) is 7.40. The van der Waals surface area contributed by atoms with Crippen molar-refractivity contribution in [1.29, 1.82) is 0 Å². The van der Waals surface area contributed by atoms with Crippen molar-refractivity contribution in [3.8, 4) is 11.1 Å². The largest absolute Gasteiger partial charge is 0.367 e. The van der Waals surface area contributed by atoms with Crippen molar-refractivity contribution >= 4 is 11.6 Å². The van der Waals surface area contributed by atoms with Gasteiger partial charge in [0.25, 0.3) is 5.56 Å². The highest BCUT2D eigenvalue weighted by Gasteiger charge is 2.26. The van der Waals surface area contributed by atoms with E-state index in [4.69, 9.17) is 4.74 Å². The first kappa shape index (κ1) is 18.1. The van der Waals surface area contributed by atoms with E-state index in [9.17, 15) is 9.59 Å². The lowest BCUT2D eigenvalue weighted by atomic mass is 10.0. The lowest BCUT2D eigenvalue weighted by molar-refractivity contribution is -0.119. The van der Waals surface area contributed by atoms with Gasteiger partial charge >= 0.3 is 0 Å². The minimum Gasteiger partial charge on any atom is -0.367 e. The maximum Gasteiger partial charge on any atom is 0.267 e. The number of hydrogen-bond acceptors (Lipinski definition) is 4. The van der Waals surface area contributed by atoms with E-state index in [1.165, 1.54) is 10.7 Å². The van der Waals surface area contributed by atoms with E-state index in [0.717, 1.165) is 16.7 Å². The van der Waals surface area contributed by atoms with Crippen LogP contribution in [0.2, 0.25) is 0 Å². The minimum absolute atomic E-state index is 0.184. The van der Waals surface area contributed by atoms with Gasteiger partial charge in [0.1, 0.15) is 6.04 Å². The molecule has 2 aromatic carbocycles. The van der Waals surface area contributed by atoms with Gasteiger partial charge in [-0.15, -0.1) is 0 Å². The third-order valence-corrected chi connectivity index (χ3v) is 4.96. The number of fused-ring (bicyclic) bond motifs is 1. The van der Waals surface area contributed by atoms with E-state index in [-0.39, 0.29) is 17.6 Å². The molecule has 0 aliphatic carbocycles. The first-order chi connectivity index (χ1) is 13.5. The molecule has 0 saturated heterocycles. The summed E-state index contributed by atoms with van der Waals surface area (Å²) in [4.78, 5) is 25.3. The van der Waals surface area contributed by atoms with Crippen LogP contribution in [0.25, 0.3) is 11.1 Å². The van der Waals surface area contributed by atoms with Crippen LogP contribution in [0.1, 0.15) is 37.3 Å². The average Bonchev–Trinajstić information content (AvgIpc) is 3.07. The number of hydrogen-bond donors (Lipinski definition) is 1. The molecule has 2 atom stereocenters. The Balaban J connectivity index is 1.62. The van der Waals surface area contributed by atoms with Gasteiger partial charge in [-0.25, -0.2) is 4.68 Å². The summed E-state index contributed by atoms with van der Waals surface area (Å²) in [6.45, 7) is 3.93. The van der Waals surface area contributed by atoms with Crippen molar-refractivity contribution in [3.05, 3.63) is 82.3 Å². The van der Waals surface area contributed by atoms with Gasteiger partial charge in [-0.1, -0.05) is 48.5 Å². The van der Waals surface area contributed by atoms with Crippen molar-refractivity contribution in [2.75, 3.05) is 5.32 Å². The molecule has 1 aromatic heterocycles. The van der Waals surface area contributed by atoms with Crippen LogP contribution in [0.4, 0.5) is 5.69 Å². The predicted molar refractivity (Wildman–Crippen MR) is 107 cm³/mol. The van der Waals surface area contributed by atoms with E-state index in [0.29, 0.717) is 18.0 Å². The van der Waals surface area contributed by atoms with Gasteiger partial charge in [0, 0.05) is 22.9 Å². The van der Waals surface area contributed by atoms with Crippen LogP contribution in [0.5, 0.6) is 0 Å². The van der Waals surface area contributed by atoms with Gasteiger partial charge in [0.05, 0.1) is 18.4 Å². The Morgan fingerprint density at radius 2 is 1.89 bits per heavy atom. The van der Waals surface area contributed by atoms with Gasteiger partial charge < -0.3 is 10.1 Å². The molecular formula is C22H21N3O3. The predicted octanol–water partition coefficient (Wildman–Crippen LogP) is 3.70. The molecule has 3 aromatic rings. The molecule has 6 nitrogen and oxygen atoms in total. The SMILES string of the molecule is C[C@H]1OCc2cc(=O)n([C@@H](C)C(=O)Nc3ccccc3-c3ccccc3)nc21. The number of carbonyl (C=O) groups excluding carboxylic acids is 1. The zero-order valence-electron chi connectivity index (χ0n) is 15.8. The Bertz CT molecular complexity index is 1080. The Kier molecular flexibility index (Phi) is 4.79. The quantitative estimate of drug-likeness (QED) is 0.755. The number of para-hydroxylation sites is 1. The van der Waals surface area contributed by atoms with Crippen LogP contribution in [0, 0.1) is 0 Å². The monoisotopic (exact) mass is 375 g/mol. The summed E-state index contributed by atoms with van der Waals surface area (Å²) in [6.07, 6.45) is -0.184. The van der Waals surface area contributed by atoms with Gasteiger partial charge in [0.15, 0.2) is 0 Å². The van der Waals surface area contributed by atoms with Gasteiger partial charge in [-0.05, 0) is 25.5 Å². The zero-order valence-corrected chi connectivity index (χ0v) is 15.8. The summed E-state index contributed by atoms with van der Waals surface area (Å²) in [5, 5.41) is 7.34. The normalized spacial score (nSPS) is 16.4. The zero-order chi connectivity index (χ0) is 19.7. The molecule has 0 radical (unpaired) electrons. The van der Waals surface area contributed by atoms with E-state index in [2.05, 4.69) is 10.4 Å². The maximum absolute atomic E-state index is 12.9. The molecule has 2 heterocycles. The molecule has 142 valence electrons. The first-order valence-electron chi connectivity index (χ1n) is 9.24. The fourth-order valence-electron chi connectivity index (χ4n) is 3.36. The molecule has 0 saturated carbocycles. The molecule has 4 rings (SSSR count). The lowest BCUT2D eigenvalue weighted by Gasteiger charge is -2.17. The molecule has 28 heavy (non-hydrogen) atoms. The van der Waals surface area contributed by atoms with Crippen LogP contribution >= 0.6 is 0 Å². The maximum atomic E-state index is 12.9. The summed E-state index contributed by atoms with van der Waals surface area (Å²) in [5.41, 5.74) is 3.80. The molecule has 6 heteroatoms. The summed E-state index contributed by atoms with van der Waals surface area (Å²) in [5.74, 6) is -0.301. The highest BCUT2D eigenvalue weighted by molar-refractivity contribution is 5.97. The number of carbonyl (C=O) groups is 1. The van der Waals surface area contributed by atoms with Crippen molar-refractivity contribution in [1.82, 2.24) is 9.78 Å². The van der Waals surface area contributed by atoms with Gasteiger partial charge in [0.2, 0.25) is 5.91 Å². The smallest absolute Gasteiger partial charge is 0.267 e. The standard InChI is InChI=1S/C22H21N3O3/c1-14(25-20(26)12-17-13-28-15(2)21(17)24-25)22(27)23-19-11-7-6-10-18(19)16-8-4-3-5-9-16/h3-12,14-15H,13H2,1-2H3,(H,23,27)/t14-,15+/m0/s1. The molecule has 1 aliphatic heterocycles. The number of rotatable bonds is 4. The summed E-state index contributed by atoms with van der Waals surface area (Å²) < 4.78 is 6.75. The topological polar surface area (TPSA) is 73.2 Å². The second-order valence-electron chi connectivity index (χ2n) is 6.87. The fourth-order valence-corrected chi connectivity index (χ4v) is 3.36.